The van der Waals surface area contributed by atoms with Crippen LogP contribution < -0.4 is 21.1 Å². The third kappa shape index (κ3) is 3.17. The highest BCUT2D eigenvalue weighted by Gasteiger charge is 2.20. The minimum atomic E-state index is 0.332. The summed E-state index contributed by atoms with van der Waals surface area (Å²) in [6.45, 7) is 4.61. The van der Waals surface area contributed by atoms with Gasteiger partial charge in [-0.3, -0.25) is 0 Å². The maximum Gasteiger partial charge on any atom is 0.177 e. The molecular formula is C19H24N6O. The van der Waals surface area contributed by atoms with E-state index in [0.29, 0.717) is 24.0 Å². The van der Waals surface area contributed by atoms with Crippen LogP contribution in [0.1, 0.15) is 19.8 Å². The predicted molar refractivity (Wildman–Crippen MR) is 104 cm³/mol. The number of aromatic nitrogens is 3. The highest BCUT2D eigenvalue weighted by Crippen LogP contribution is 2.35. The molecule has 7 nitrogen and oxygen atoms in total. The number of imidazole rings is 1. The quantitative estimate of drug-likeness (QED) is 0.654. The summed E-state index contributed by atoms with van der Waals surface area (Å²) < 4.78 is 7.28. The van der Waals surface area contributed by atoms with E-state index in [1.807, 2.05) is 37.4 Å². The Kier molecular flexibility index (Phi) is 4.62. The lowest BCUT2D eigenvalue weighted by molar-refractivity contribution is 0.340. The molecule has 7 heteroatoms. The number of nitrogens with one attached hydrogen (secondary N) is 2. The molecule has 1 fully saturated rings. The minimum absolute atomic E-state index is 0.332. The van der Waals surface area contributed by atoms with Gasteiger partial charge in [0.05, 0.1) is 17.9 Å². The number of anilines is 2. The number of nitrogens with zero attached hydrogens (tertiary/aromatic N) is 3. The number of fused-ring (bicyclic) bond motifs is 1. The molecule has 1 aromatic carbocycles. The van der Waals surface area contributed by atoms with Crippen molar-refractivity contribution in [3.8, 4) is 16.9 Å². The predicted octanol–water partition coefficient (Wildman–Crippen LogP) is 2.54. The normalized spacial score (nSPS) is 17.3. The molecule has 0 radical (unpaired) electrons. The molecule has 26 heavy (non-hydrogen) atoms. The molecule has 2 aromatic heterocycles. The number of rotatable bonds is 5. The van der Waals surface area contributed by atoms with E-state index >= 15 is 0 Å². The van der Waals surface area contributed by atoms with Gasteiger partial charge in [-0.15, -0.1) is 5.10 Å². The SMILES string of the molecule is CCOc1ccc(-c2c(NC3CCCNC3)nn3ccnc3c2N)cc1. The van der Waals surface area contributed by atoms with Gasteiger partial charge in [0, 0.05) is 25.0 Å². The summed E-state index contributed by atoms with van der Waals surface area (Å²) in [7, 11) is 0. The lowest BCUT2D eigenvalue weighted by atomic mass is 10.0. The second-order valence-electron chi connectivity index (χ2n) is 6.48. The van der Waals surface area contributed by atoms with Crippen molar-refractivity contribution in [2.45, 2.75) is 25.8 Å². The molecule has 0 saturated carbocycles. The zero-order valence-corrected chi connectivity index (χ0v) is 14.9. The average Bonchev–Trinajstić information content (AvgIpc) is 3.13. The number of piperidine rings is 1. The van der Waals surface area contributed by atoms with Crippen molar-refractivity contribution in [3.63, 3.8) is 0 Å². The fourth-order valence-electron chi connectivity index (χ4n) is 3.41. The van der Waals surface area contributed by atoms with Gasteiger partial charge in [0.25, 0.3) is 0 Å². The summed E-state index contributed by atoms with van der Waals surface area (Å²) in [5, 5.41) is 11.7. The molecule has 3 heterocycles. The Morgan fingerprint density at radius 1 is 1.35 bits per heavy atom. The average molecular weight is 352 g/mol. The van der Waals surface area contributed by atoms with Crippen LogP contribution in [0, 0.1) is 0 Å². The fraction of sp³-hybridized carbons (Fsp3) is 0.368. The first kappa shape index (κ1) is 16.7. The smallest absolute Gasteiger partial charge is 0.177 e. The van der Waals surface area contributed by atoms with Gasteiger partial charge >= 0.3 is 0 Å². The molecule has 0 bridgehead atoms. The van der Waals surface area contributed by atoms with Crippen LogP contribution in [0.3, 0.4) is 0 Å². The van der Waals surface area contributed by atoms with Crippen LogP contribution in [0.15, 0.2) is 36.7 Å². The molecule has 0 amide bonds. The highest BCUT2D eigenvalue weighted by atomic mass is 16.5. The number of nitrogens with two attached hydrogens (primary N) is 1. The van der Waals surface area contributed by atoms with E-state index < -0.39 is 0 Å². The van der Waals surface area contributed by atoms with Crippen LogP contribution in [0.5, 0.6) is 5.75 Å². The highest BCUT2D eigenvalue weighted by molar-refractivity contribution is 5.91. The largest absolute Gasteiger partial charge is 0.494 e. The molecule has 1 aliphatic heterocycles. The van der Waals surface area contributed by atoms with Crippen LogP contribution in [-0.2, 0) is 0 Å². The van der Waals surface area contributed by atoms with E-state index in [1.165, 1.54) is 0 Å². The summed E-state index contributed by atoms with van der Waals surface area (Å²) in [6.07, 6.45) is 5.79. The maximum absolute atomic E-state index is 6.49. The standard InChI is InChI=1S/C19H24N6O/c1-2-26-15-7-5-13(6-8-15)16-17(20)19-22-10-11-25(19)24-18(16)23-14-4-3-9-21-12-14/h5-8,10-11,14,21H,2-4,9,12,20H2,1H3,(H,23,24). The summed E-state index contributed by atoms with van der Waals surface area (Å²) in [5.41, 5.74) is 9.66. The lowest BCUT2D eigenvalue weighted by Gasteiger charge is -2.25. The topological polar surface area (TPSA) is 89.5 Å². The zero-order valence-electron chi connectivity index (χ0n) is 14.9. The molecule has 3 aromatic rings. The fourth-order valence-corrected chi connectivity index (χ4v) is 3.41. The number of hydrogen-bond acceptors (Lipinski definition) is 6. The van der Waals surface area contributed by atoms with Gasteiger partial charge in [-0.05, 0) is 44.0 Å². The van der Waals surface area contributed by atoms with E-state index in [1.54, 1.807) is 10.7 Å². The van der Waals surface area contributed by atoms with Gasteiger partial charge in [0.1, 0.15) is 5.75 Å². The van der Waals surface area contributed by atoms with Crippen molar-refractivity contribution >= 4 is 17.2 Å². The van der Waals surface area contributed by atoms with Crippen molar-refractivity contribution < 1.29 is 4.74 Å². The molecule has 1 unspecified atom stereocenters. The van der Waals surface area contributed by atoms with Crippen molar-refractivity contribution in [2.75, 3.05) is 30.7 Å². The Morgan fingerprint density at radius 3 is 2.92 bits per heavy atom. The zero-order chi connectivity index (χ0) is 17.9. The first-order chi connectivity index (χ1) is 12.8. The molecule has 4 N–H and O–H groups in total. The molecule has 1 aliphatic rings. The summed E-state index contributed by atoms with van der Waals surface area (Å²) in [4.78, 5) is 4.35. The van der Waals surface area contributed by atoms with Crippen LogP contribution in [0.2, 0.25) is 0 Å². The molecule has 1 atom stereocenters. The first-order valence-electron chi connectivity index (χ1n) is 9.09. The van der Waals surface area contributed by atoms with Crippen LogP contribution in [0.4, 0.5) is 11.5 Å². The van der Waals surface area contributed by atoms with Crippen molar-refractivity contribution in [3.05, 3.63) is 36.7 Å². The third-order valence-electron chi connectivity index (χ3n) is 4.67. The third-order valence-corrected chi connectivity index (χ3v) is 4.67. The van der Waals surface area contributed by atoms with Gasteiger partial charge in [-0.2, -0.15) is 0 Å². The van der Waals surface area contributed by atoms with Gasteiger partial charge in [-0.25, -0.2) is 9.50 Å². The number of nitrogen functional groups attached to an aromatic ring is 1. The Balaban J connectivity index is 1.77. The molecule has 0 spiro atoms. The lowest BCUT2D eigenvalue weighted by Crippen LogP contribution is -2.38. The second kappa shape index (κ2) is 7.21. The van der Waals surface area contributed by atoms with Crippen molar-refractivity contribution in [2.24, 2.45) is 0 Å². The van der Waals surface area contributed by atoms with Crippen molar-refractivity contribution in [1.82, 2.24) is 19.9 Å². The molecule has 1 saturated heterocycles. The van der Waals surface area contributed by atoms with Crippen LogP contribution in [0.25, 0.3) is 16.8 Å². The number of hydrogen-bond donors (Lipinski definition) is 3. The first-order valence-corrected chi connectivity index (χ1v) is 9.09. The second-order valence-corrected chi connectivity index (χ2v) is 6.48. The van der Waals surface area contributed by atoms with Crippen LogP contribution >= 0.6 is 0 Å². The monoisotopic (exact) mass is 352 g/mol. The molecule has 4 rings (SSSR count). The van der Waals surface area contributed by atoms with E-state index in [0.717, 1.165) is 48.6 Å². The Labute approximate surface area is 152 Å². The van der Waals surface area contributed by atoms with E-state index in [9.17, 15) is 0 Å². The van der Waals surface area contributed by atoms with E-state index in [-0.39, 0.29) is 0 Å². The number of benzene rings is 1. The summed E-state index contributed by atoms with van der Waals surface area (Å²) in [5.74, 6) is 1.63. The van der Waals surface area contributed by atoms with Crippen LogP contribution in [-0.4, -0.2) is 40.3 Å². The number of ether oxygens (including phenoxy) is 1. The van der Waals surface area contributed by atoms with Gasteiger partial charge < -0.3 is 21.1 Å². The van der Waals surface area contributed by atoms with Gasteiger partial charge in [0.2, 0.25) is 0 Å². The molecule has 136 valence electrons. The maximum atomic E-state index is 6.49. The minimum Gasteiger partial charge on any atom is -0.494 e. The van der Waals surface area contributed by atoms with Crippen molar-refractivity contribution in [1.29, 1.82) is 0 Å². The Hall–Kier alpha value is -2.80. The Morgan fingerprint density at radius 2 is 2.19 bits per heavy atom. The van der Waals surface area contributed by atoms with Gasteiger partial charge in [0.15, 0.2) is 11.5 Å². The van der Waals surface area contributed by atoms with E-state index in [4.69, 9.17) is 15.6 Å². The summed E-state index contributed by atoms with van der Waals surface area (Å²) in [6, 6.07) is 8.28. The van der Waals surface area contributed by atoms with E-state index in [2.05, 4.69) is 15.6 Å². The molecular weight excluding hydrogens is 328 g/mol. The molecule has 0 aliphatic carbocycles. The Bertz CT molecular complexity index is 883. The van der Waals surface area contributed by atoms with Gasteiger partial charge in [-0.1, -0.05) is 12.1 Å². The summed E-state index contributed by atoms with van der Waals surface area (Å²) >= 11 is 0.